The van der Waals surface area contributed by atoms with Gasteiger partial charge in [-0.1, -0.05) is 27.7 Å². The van der Waals surface area contributed by atoms with Crippen molar-refractivity contribution in [2.75, 3.05) is 6.61 Å². The summed E-state index contributed by atoms with van der Waals surface area (Å²) in [5.74, 6) is -3.35. The largest absolute Gasteiger partial charge is 0.479 e. The summed E-state index contributed by atoms with van der Waals surface area (Å²) in [4.78, 5) is 49.6. The molecule has 11 nitrogen and oxygen atoms in total. The van der Waals surface area contributed by atoms with Crippen LogP contribution in [-0.2, 0) is 33.4 Å². The van der Waals surface area contributed by atoms with Crippen molar-refractivity contribution < 1.29 is 53.8 Å². The average molecular weight is 621 g/mol. The molecule has 4 saturated carbocycles. The zero-order chi connectivity index (χ0) is 32.0. The van der Waals surface area contributed by atoms with E-state index >= 15 is 0 Å². The summed E-state index contributed by atoms with van der Waals surface area (Å²) in [6.45, 7) is 9.61. The standard InChI is InChI=1S/C33H48O11/c1-16-7-10-33(42-15-16)17(2)26-23(44-33)12-22-20-6-5-18-11-19(8-9-30(18,3)21(20)13-24(34)31(22,26)4)43-25(35)14-32(41,29(39)40)27(36)28(37)38/h16-23,26-27,36,41H,5-15H2,1-4H3,(H,37,38)(H,39,40)/t16-,17+,18+,19+,20-,21+,22+,23+,26+,27?,30+,31-,32?,33-/m1/s1. The lowest BCUT2D eigenvalue weighted by Gasteiger charge is -2.60. The SMILES string of the molecule is C[C@@H]1CC[C@@]2(OC1)O[C@H]1C[C@H]3[C@@H]4CC[C@H]5C[C@@H](OC(=O)CC(O)(C(=O)O)C(O)C(=O)O)CC[C@]5(C)[C@H]4CC(=O)[C@]3(C)[C@H]1[C@@H]2C. The Morgan fingerprint density at radius 1 is 1.05 bits per heavy atom. The van der Waals surface area contributed by atoms with Crippen LogP contribution in [-0.4, -0.2) is 80.4 Å². The fraction of sp³-hybridized carbons (Fsp3) is 0.879. The number of esters is 1. The lowest BCUT2D eigenvalue weighted by atomic mass is 9.44. The maximum atomic E-state index is 14.3. The lowest BCUT2D eigenvalue weighted by Crippen LogP contribution is -2.58. The summed E-state index contributed by atoms with van der Waals surface area (Å²) < 4.78 is 18.7. The minimum absolute atomic E-state index is 0.0286. The molecular formula is C33H48O11. The topological polar surface area (TPSA) is 177 Å². The molecule has 0 amide bonds. The highest BCUT2D eigenvalue weighted by Crippen LogP contribution is 2.70. The fourth-order valence-electron chi connectivity index (χ4n) is 11.0. The Kier molecular flexibility index (Phi) is 7.78. The van der Waals surface area contributed by atoms with Gasteiger partial charge in [0.25, 0.3) is 0 Å². The zero-order valence-electron chi connectivity index (χ0n) is 26.2. The van der Waals surface area contributed by atoms with E-state index in [0.717, 1.165) is 38.5 Å². The summed E-state index contributed by atoms with van der Waals surface area (Å²) in [6, 6.07) is 0. The van der Waals surface area contributed by atoms with Gasteiger partial charge < -0.3 is 34.6 Å². The van der Waals surface area contributed by atoms with E-state index in [1.807, 2.05) is 0 Å². The van der Waals surface area contributed by atoms with E-state index in [4.69, 9.17) is 19.3 Å². The van der Waals surface area contributed by atoms with Crippen molar-refractivity contribution in [3.05, 3.63) is 0 Å². The van der Waals surface area contributed by atoms with Gasteiger partial charge in [0.1, 0.15) is 11.9 Å². The fourth-order valence-corrected chi connectivity index (χ4v) is 11.0. The molecule has 2 aliphatic heterocycles. The first-order valence-corrected chi connectivity index (χ1v) is 16.5. The van der Waals surface area contributed by atoms with Gasteiger partial charge in [0, 0.05) is 30.1 Å². The number of ketones is 1. The third kappa shape index (κ3) is 4.58. The Morgan fingerprint density at radius 2 is 1.77 bits per heavy atom. The van der Waals surface area contributed by atoms with E-state index in [-0.39, 0.29) is 41.1 Å². The summed E-state index contributed by atoms with van der Waals surface area (Å²) in [7, 11) is 0. The number of ether oxygens (including phenoxy) is 3. The number of aliphatic hydroxyl groups excluding tert-OH is 1. The molecule has 6 rings (SSSR count). The Labute approximate surface area is 258 Å². The predicted molar refractivity (Wildman–Crippen MR) is 153 cm³/mol. The molecule has 4 aliphatic carbocycles. The van der Waals surface area contributed by atoms with Crippen LogP contribution in [0.25, 0.3) is 0 Å². The van der Waals surface area contributed by atoms with Gasteiger partial charge >= 0.3 is 17.9 Å². The highest BCUT2D eigenvalue weighted by molar-refractivity contribution is 5.91. The van der Waals surface area contributed by atoms with Gasteiger partial charge in [0.15, 0.2) is 11.9 Å². The molecule has 2 unspecified atom stereocenters. The van der Waals surface area contributed by atoms with Gasteiger partial charge in [0.05, 0.1) is 19.1 Å². The van der Waals surface area contributed by atoms with Crippen molar-refractivity contribution in [1.82, 2.24) is 0 Å². The highest BCUT2D eigenvalue weighted by atomic mass is 16.7. The van der Waals surface area contributed by atoms with Crippen LogP contribution in [0, 0.1) is 52.3 Å². The third-order valence-corrected chi connectivity index (χ3v) is 13.5. The number of carboxylic acids is 2. The van der Waals surface area contributed by atoms with Gasteiger partial charge in [-0.15, -0.1) is 0 Å². The molecule has 11 heteroatoms. The number of hydrogen-bond donors (Lipinski definition) is 4. The maximum Gasteiger partial charge on any atom is 0.339 e. The summed E-state index contributed by atoms with van der Waals surface area (Å²) in [6.07, 6.45) is 2.75. The van der Waals surface area contributed by atoms with Gasteiger partial charge in [-0.25, -0.2) is 9.59 Å². The maximum absolute atomic E-state index is 14.3. The summed E-state index contributed by atoms with van der Waals surface area (Å²) in [5.41, 5.74) is -3.74. The highest BCUT2D eigenvalue weighted by Gasteiger charge is 2.71. The molecule has 1 spiro atoms. The van der Waals surface area contributed by atoms with Gasteiger partial charge in [0.2, 0.25) is 5.60 Å². The minimum atomic E-state index is -3.19. The number of aliphatic carboxylic acids is 2. The first kappa shape index (κ1) is 31.9. The number of hydrogen-bond acceptors (Lipinski definition) is 9. The van der Waals surface area contributed by atoms with E-state index in [2.05, 4.69) is 27.7 Å². The molecule has 0 bridgehead atoms. The Balaban J connectivity index is 1.13. The molecule has 246 valence electrons. The van der Waals surface area contributed by atoms with Crippen molar-refractivity contribution in [2.45, 2.75) is 122 Å². The van der Waals surface area contributed by atoms with E-state index in [1.165, 1.54) is 0 Å². The first-order valence-electron chi connectivity index (χ1n) is 16.5. The van der Waals surface area contributed by atoms with E-state index < -0.39 is 53.3 Å². The van der Waals surface area contributed by atoms with Crippen LogP contribution < -0.4 is 0 Å². The van der Waals surface area contributed by atoms with Crippen LogP contribution in [0.15, 0.2) is 0 Å². The van der Waals surface area contributed by atoms with Crippen molar-refractivity contribution in [1.29, 1.82) is 0 Å². The van der Waals surface area contributed by atoms with Gasteiger partial charge in [-0.2, -0.15) is 0 Å². The molecular weight excluding hydrogens is 572 g/mol. The first-order chi connectivity index (χ1) is 20.6. The lowest BCUT2D eigenvalue weighted by molar-refractivity contribution is -0.272. The molecule has 0 aromatic carbocycles. The molecule has 2 saturated heterocycles. The van der Waals surface area contributed by atoms with E-state index in [9.17, 15) is 34.5 Å². The number of rotatable bonds is 6. The molecule has 0 aromatic rings. The van der Waals surface area contributed by atoms with Crippen LogP contribution in [0.1, 0.15) is 91.9 Å². The second kappa shape index (κ2) is 10.7. The summed E-state index contributed by atoms with van der Waals surface area (Å²) in [5, 5.41) is 38.4. The van der Waals surface area contributed by atoms with Crippen molar-refractivity contribution >= 4 is 23.7 Å². The number of carbonyl (C=O) groups is 4. The second-order valence-electron chi connectivity index (χ2n) is 15.6. The Morgan fingerprint density at radius 3 is 2.41 bits per heavy atom. The number of fused-ring (bicyclic) bond motifs is 7. The van der Waals surface area contributed by atoms with Crippen molar-refractivity contribution in [2.24, 2.45) is 52.3 Å². The molecule has 44 heavy (non-hydrogen) atoms. The van der Waals surface area contributed by atoms with E-state index in [1.54, 1.807) is 0 Å². The predicted octanol–water partition coefficient (Wildman–Crippen LogP) is 3.18. The second-order valence-corrected chi connectivity index (χ2v) is 15.6. The average Bonchev–Trinajstić information content (AvgIpc) is 3.41. The van der Waals surface area contributed by atoms with Crippen LogP contribution in [0.4, 0.5) is 0 Å². The molecule has 14 atom stereocenters. The third-order valence-electron chi connectivity index (χ3n) is 13.5. The Bertz CT molecular complexity index is 1210. The molecule has 2 heterocycles. The van der Waals surface area contributed by atoms with Crippen molar-refractivity contribution in [3.8, 4) is 0 Å². The number of Topliss-reactive ketones (excluding diaryl/α,β-unsaturated/α-hetero) is 1. The molecule has 0 radical (unpaired) electrons. The van der Waals surface area contributed by atoms with Crippen LogP contribution in [0.5, 0.6) is 0 Å². The monoisotopic (exact) mass is 620 g/mol. The smallest absolute Gasteiger partial charge is 0.339 e. The van der Waals surface area contributed by atoms with Crippen molar-refractivity contribution in [3.63, 3.8) is 0 Å². The molecule has 6 aliphatic rings. The number of carbonyl (C=O) groups excluding carboxylic acids is 2. The van der Waals surface area contributed by atoms with Gasteiger partial charge in [-0.3, -0.25) is 9.59 Å². The van der Waals surface area contributed by atoms with Crippen LogP contribution in [0.2, 0.25) is 0 Å². The minimum Gasteiger partial charge on any atom is -0.479 e. The van der Waals surface area contributed by atoms with Crippen LogP contribution in [0.3, 0.4) is 0 Å². The summed E-state index contributed by atoms with van der Waals surface area (Å²) >= 11 is 0. The van der Waals surface area contributed by atoms with Crippen LogP contribution >= 0.6 is 0 Å². The molecule has 6 fully saturated rings. The van der Waals surface area contributed by atoms with Gasteiger partial charge in [-0.05, 0) is 80.0 Å². The normalized spacial score (nSPS) is 48.3. The van der Waals surface area contributed by atoms with E-state index in [0.29, 0.717) is 43.5 Å². The zero-order valence-corrected chi connectivity index (χ0v) is 26.2. The number of aliphatic hydroxyl groups is 2. The Hall–Kier alpha value is -2.08. The number of carboxylic acid groups (broad SMARTS) is 2. The molecule has 4 N–H and O–H groups in total. The molecule has 0 aromatic heterocycles. The quantitative estimate of drug-likeness (QED) is 0.321.